The molecule has 11 nitrogen and oxygen atoms in total. The van der Waals surface area contributed by atoms with Gasteiger partial charge in [0.1, 0.15) is 0 Å². The van der Waals surface area contributed by atoms with E-state index in [-0.39, 0.29) is 17.2 Å². The largest absolute Gasteiger partial charge is 0.481 e. The van der Waals surface area contributed by atoms with Gasteiger partial charge in [-0.2, -0.15) is 5.06 Å². The summed E-state index contributed by atoms with van der Waals surface area (Å²) < 4.78 is 0. The van der Waals surface area contributed by atoms with E-state index in [0.29, 0.717) is 25.3 Å². The highest BCUT2D eigenvalue weighted by Crippen LogP contribution is 2.43. The Morgan fingerprint density at radius 1 is 1.04 bits per heavy atom. The first-order valence-corrected chi connectivity index (χ1v) is 15.6. The Labute approximate surface area is 268 Å². The van der Waals surface area contributed by atoms with Crippen LogP contribution in [0.25, 0.3) is 10.9 Å². The van der Waals surface area contributed by atoms with Crippen molar-refractivity contribution in [3.63, 3.8) is 0 Å². The third-order valence-electron chi connectivity index (χ3n) is 8.90. The minimum absolute atomic E-state index is 0.0609. The number of aromatic amines is 1. The predicted molar refractivity (Wildman–Crippen MR) is 173 cm³/mol. The maximum absolute atomic E-state index is 12.9. The van der Waals surface area contributed by atoms with Crippen LogP contribution in [0.4, 0.5) is 0 Å². The van der Waals surface area contributed by atoms with Crippen molar-refractivity contribution in [1.82, 2.24) is 20.3 Å². The van der Waals surface area contributed by atoms with E-state index in [0.717, 1.165) is 42.1 Å². The molecule has 0 amide bonds. The lowest BCUT2D eigenvalue weighted by atomic mass is 9.71. The second kappa shape index (κ2) is 14.9. The number of carboxylic acid groups (broad SMARTS) is 2. The quantitative estimate of drug-likeness (QED) is 0.136. The number of para-hydroxylation sites is 1. The monoisotopic (exact) mass is 638 g/mol. The highest BCUT2D eigenvalue weighted by molar-refractivity contribution is 7.80. The van der Waals surface area contributed by atoms with E-state index >= 15 is 0 Å². The summed E-state index contributed by atoms with van der Waals surface area (Å²) in [4.78, 5) is 46.7. The van der Waals surface area contributed by atoms with Crippen LogP contribution in [-0.4, -0.2) is 86.1 Å². The van der Waals surface area contributed by atoms with Crippen LogP contribution in [0.1, 0.15) is 56.1 Å². The van der Waals surface area contributed by atoms with Gasteiger partial charge in [0.25, 0.3) is 0 Å². The van der Waals surface area contributed by atoms with Gasteiger partial charge in [-0.15, -0.1) is 0 Å². The number of fused-ring (bicyclic) bond motifs is 1. The molecule has 0 aliphatic heterocycles. The first-order chi connectivity index (χ1) is 21.4. The number of thiocarbonyl (C=S) groups is 1. The first kappa shape index (κ1) is 33.9. The molecule has 1 unspecified atom stereocenters. The lowest BCUT2D eigenvalue weighted by Gasteiger charge is -2.46. The van der Waals surface area contributed by atoms with Crippen LogP contribution in [0, 0.1) is 5.92 Å². The van der Waals surface area contributed by atoms with Crippen LogP contribution in [-0.2, 0) is 31.2 Å². The van der Waals surface area contributed by atoms with Crippen molar-refractivity contribution in [2.24, 2.45) is 5.92 Å². The number of nitrogens with one attached hydrogen (secondary N) is 2. The Balaban J connectivity index is 1.41. The Kier molecular flexibility index (Phi) is 11.2. The number of hydrogen-bond donors (Lipinski definition) is 5. The van der Waals surface area contributed by atoms with E-state index in [1.165, 1.54) is 10.6 Å². The van der Waals surface area contributed by atoms with Gasteiger partial charge in [0.2, 0.25) is 5.11 Å². The van der Waals surface area contributed by atoms with Gasteiger partial charge in [0, 0.05) is 29.2 Å². The molecule has 0 bridgehead atoms. The van der Waals surface area contributed by atoms with Crippen LogP contribution in [0.5, 0.6) is 0 Å². The maximum Gasteiger partial charge on any atom is 0.336 e. The molecule has 12 heteroatoms. The van der Waals surface area contributed by atoms with Crippen molar-refractivity contribution in [1.29, 1.82) is 0 Å². The zero-order valence-electron chi connectivity index (χ0n) is 25.7. The van der Waals surface area contributed by atoms with E-state index in [4.69, 9.17) is 22.2 Å². The smallest absolute Gasteiger partial charge is 0.336 e. The van der Waals surface area contributed by atoms with Crippen molar-refractivity contribution in [2.45, 2.75) is 62.5 Å². The normalized spacial score (nSPS) is 19.5. The number of carbonyl (C=O) groups excluding carboxylic acids is 1. The van der Waals surface area contributed by atoms with Crippen LogP contribution in [0.15, 0.2) is 60.8 Å². The Hall–Kier alpha value is -4.00. The Morgan fingerprint density at radius 3 is 2.36 bits per heavy atom. The topological polar surface area (TPSA) is 155 Å². The SMILES string of the molecule is CN(C)C1(c2ccccc2)CCC(CCN(OC(=O)CC(O)(CC(=O)O)C(=O)O)C(=S)NCCc2c[nH]c3ccccc23)CC1. The van der Waals surface area contributed by atoms with Crippen LogP contribution in [0.2, 0.25) is 0 Å². The Bertz CT molecular complexity index is 1490. The number of carboxylic acids is 2. The summed E-state index contributed by atoms with van der Waals surface area (Å²) >= 11 is 5.60. The summed E-state index contributed by atoms with van der Waals surface area (Å²) in [6.45, 7) is 0.693. The summed E-state index contributed by atoms with van der Waals surface area (Å²) in [7, 11) is 4.22. The zero-order chi connectivity index (χ0) is 32.6. The van der Waals surface area contributed by atoms with E-state index in [2.05, 4.69) is 53.6 Å². The van der Waals surface area contributed by atoms with Crippen LogP contribution in [0.3, 0.4) is 0 Å². The summed E-state index contributed by atoms with van der Waals surface area (Å²) in [5.41, 5.74) is 0.534. The first-order valence-electron chi connectivity index (χ1n) is 15.2. The molecule has 1 fully saturated rings. The second-order valence-corrected chi connectivity index (χ2v) is 12.4. The second-order valence-electron chi connectivity index (χ2n) is 12.0. The van der Waals surface area contributed by atoms with Crippen molar-refractivity contribution in [3.8, 4) is 0 Å². The van der Waals surface area contributed by atoms with Crippen molar-refractivity contribution < 1.29 is 34.5 Å². The number of H-pyrrole nitrogens is 1. The average molecular weight is 639 g/mol. The van der Waals surface area contributed by atoms with Crippen molar-refractivity contribution in [3.05, 3.63) is 71.9 Å². The molecule has 0 spiro atoms. The summed E-state index contributed by atoms with van der Waals surface area (Å²) in [6, 6.07) is 18.4. The molecule has 1 heterocycles. The number of aromatic nitrogens is 1. The number of aliphatic hydroxyl groups is 1. The highest BCUT2D eigenvalue weighted by atomic mass is 32.1. The maximum atomic E-state index is 12.9. The molecule has 1 saturated carbocycles. The lowest BCUT2D eigenvalue weighted by molar-refractivity contribution is -0.186. The van der Waals surface area contributed by atoms with Crippen molar-refractivity contribution in [2.75, 3.05) is 27.2 Å². The lowest BCUT2D eigenvalue weighted by Crippen LogP contribution is -2.47. The molecular formula is C33H42N4O7S. The van der Waals surface area contributed by atoms with Gasteiger partial charge in [-0.25, -0.2) is 9.59 Å². The number of aliphatic carboxylic acids is 2. The number of carbonyl (C=O) groups is 3. The molecule has 3 aromatic rings. The van der Waals surface area contributed by atoms with E-state index in [1.54, 1.807) is 0 Å². The molecule has 0 radical (unpaired) electrons. The third-order valence-corrected chi connectivity index (χ3v) is 9.25. The van der Waals surface area contributed by atoms with Crippen LogP contribution >= 0.6 is 12.2 Å². The average Bonchev–Trinajstić information content (AvgIpc) is 3.42. The molecule has 45 heavy (non-hydrogen) atoms. The van der Waals surface area contributed by atoms with Gasteiger partial charge in [0.15, 0.2) is 5.60 Å². The fourth-order valence-corrected chi connectivity index (χ4v) is 6.49. The molecule has 1 aliphatic carbocycles. The standard InChI is InChI=1S/C33H42N4O7S/c1-36(2)32(25-8-4-3-5-9-25)16-12-23(13-17-32)15-19-37(44-29(40)21-33(43,30(41)42)20-28(38)39)31(45)34-18-14-24-22-35-27-11-7-6-10-26(24)27/h3-11,22-23,35,43H,12-21H2,1-2H3,(H,34,45)(H,38,39)(H,41,42). The molecule has 242 valence electrons. The van der Waals surface area contributed by atoms with Gasteiger partial charge in [0.05, 0.1) is 19.4 Å². The number of rotatable bonds is 13. The van der Waals surface area contributed by atoms with Crippen molar-refractivity contribution >= 4 is 46.1 Å². The van der Waals surface area contributed by atoms with Gasteiger partial charge >= 0.3 is 17.9 Å². The highest BCUT2D eigenvalue weighted by Gasteiger charge is 2.42. The number of benzene rings is 2. The fourth-order valence-electron chi connectivity index (χ4n) is 6.26. The van der Waals surface area contributed by atoms with Gasteiger partial charge in [-0.3, -0.25) is 9.69 Å². The van der Waals surface area contributed by atoms with Crippen LogP contribution < -0.4 is 5.32 Å². The molecule has 1 atom stereocenters. The molecule has 1 aromatic heterocycles. The molecule has 4 rings (SSSR count). The number of nitrogens with zero attached hydrogens (tertiary/aromatic N) is 2. The molecule has 5 N–H and O–H groups in total. The summed E-state index contributed by atoms with van der Waals surface area (Å²) in [6.07, 6.45) is 4.86. The van der Waals surface area contributed by atoms with Gasteiger partial charge in [-0.1, -0.05) is 48.5 Å². The van der Waals surface area contributed by atoms with E-state index in [1.807, 2.05) is 36.5 Å². The molecule has 0 saturated heterocycles. The van der Waals surface area contributed by atoms with E-state index < -0.39 is 36.4 Å². The summed E-state index contributed by atoms with van der Waals surface area (Å²) in [5, 5.41) is 34.5. The molecule has 2 aromatic carbocycles. The minimum Gasteiger partial charge on any atom is -0.481 e. The number of hydrogen-bond acceptors (Lipinski definition) is 7. The predicted octanol–water partition coefficient (Wildman–Crippen LogP) is 4.06. The zero-order valence-corrected chi connectivity index (χ0v) is 26.5. The number of hydroxylamine groups is 2. The Morgan fingerprint density at radius 2 is 1.71 bits per heavy atom. The summed E-state index contributed by atoms with van der Waals surface area (Å²) in [5.74, 6) is -4.14. The van der Waals surface area contributed by atoms with E-state index in [9.17, 15) is 24.6 Å². The molecule has 1 aliphatic rings. The minimum atomic E-state index is -2.81. The molecular weight excluding hydrogens is 596 g/mol. The van der Waals surface area contributed by atoms with Gasteiger partial charge in [-0.05, 0) is 87.9 Å². The van der Waals surface area contributed by atoms with Gasteiger partial charge < -0.3 is 30.5 Å². The third kappa shape index (κ3) is 8.38. The fraction of sp³-hybridized carbons (Fsp3) is 0.455.